The summed E-state index contributed by atoms with van der Waals surface area (Å²) in [6.07, 6.45) is -0.817. The molecule has 1 fully saturated rings. The van der Waals surface area contributed by atoms with Crippen molar-refractivity contribution in [2.75, 3.05) is 26.3 Å². The molecule has 1 saturated heterocycles. The molecule has 0 spiro atoms. The van der Waals surface area contributed by atoms with Crippen LogP contribution in [0.3, 0.4) is 0 Å². The van der Waals surface area contributed by atoms with Crippen LogP contribution in [0.15, 0.2) is 29.1 Å². The minimum Gasteiger partial charge on any atom is -0.452 e. The summed E-state index contributed by atoms with van der Waals surface area (Å²) in [4.78, 5) is 38.7. The van der Waals surface area contributed by atoms with Gasteiger partial charge in [0.1, 0.15) is 0 Å². The van der Waals surface area contributed by atoms with Gasteiger partial charge in [0.2, 0.25) is 0 Å². The predicted octanol–water partition coefficient (Wildman–Crippen LogP) is 1.00. The van der Waals surface area contributed by atoms with Crippen molar-refractivity contribution >= 4 is 22.9 Å². The summed E-state index contributed by atoms with van der Waals surface area (Å²) in [7, 11) is 0. The Morgan fingerprint density at radius 2 is 1.78 bits per heavy atom. The van der Waals surface area contributed by atoms with Gasteiger partial charge in [0.15, 0.2) is 6.10 Å². The molecule has 1 amide bonds. The van der Waals surface area contributed by atoms with Crippen LogP contribution in [0.1, 0.15) is 20.3 Å². The van der Waals surface area contributed by atoms with E-state index in [2.05, 4.69) is 0 Å². The van der Waals surface area contributed by atoms with E-state index in [9.17, 15) is 14.4 Å². The van der Waals surface area contributed by atoms with Crippen molar-refractivity contribution in [1.29, 1.82) is 0 Å². The second-order valence-electron chi connectivity index (χ2n) is 6.49. The third kappa shape index (κ3) is 4.05. The fourth-order valence-corrected chi connectivity index (χ4v) is 3.34. The first-order valence-electron chi connectivity index (χ1n) is 9.27. The van der Waals surface area contributed by atoms with Crippen molar-refractivity contribution in [1.82, 2.24) is 14.0 Å². The van der Waals surface area contributed by atoms with Crippen molar-refractivity contribution in [3.05, 3.63) is 34.7 Å². The van der Waals surface area contributed by atoms with Crippen molar-refractivity contribution in [2.45, 2.75) is 39.5 Å². The molecule has 0 bridgehead atoms. The number of nitrogens with zero attached hydrogens (tertiary/aromatic N) is 3. The highest BCUT2D eigenvalue weighted by atomic mass is 16.5. The van der Waals surface area contributed by atoms with Gasteiger partial charge in [-0.15, -0.1) is 0 Å². The summed E-state index contributed by atoms with van der Waals surface area (Å²) in [5, 5.41) is 0. The molecule has 27 heavy (non-hydrogen) atoms. The molecule has 3 rings (SSSR count). The summed E-state index contributed by atoms with van der Waals surface area (Å²) in [5.74, 6) is -0.712. The molecule has 8 heteroatoms. The minimum absolute atomic E-state index is 0.0262. The number of imidazole rings is 1. The molecule has 1 aliphatic heterocycles. The largest absolute Gasteiger partial charge is 0.452 e. The van der Waals surface area contributed by atoms with E-state index in [-0.39, 0.29) is 24.6 Å². The van der Waals surface area contributed by atoms with Gasteiger partial charge in [-0.3, -0.25) is 18.7 Å². The summed E-state index contributed by atoms with van der Waals surface area (Å²) in [5.41, 5.74) is 1.48. The lowest BCUT2D eigenvalue weighted by molar-refractivity contribution is -0.161. The molecule has 1 aliphatic rings. The van der Waals surface area contributed by atoms with E-state index in [0.717, 1.165) is 11.0 Å². The average molecular weight is 375 g/mol. The van der Waals surface area contributed by atoms with Gasteiger partial charge in [-0.1, -0.05) is 12.1 Å². The molecule has 8 nitrogen and oxygen atoms in total. The Hall–Kier alpha value is -2.61. The maximum absolute atomic E-state index is 12.6. The number of morpholine rings is 1. The number of fused-ring (bicyclic) bond motifs is 1. The van der Waals surface area contributed by atoms with Crippen molar-refractivity contribution in [2.24, 2.45) is 0 Å². The Kier molecular flexibility index (Phi) is 5.95. The molecule has 0 aliphatic carbocycles. The number of hydrogen-bond acceptors (Lipinski definition) is 5. The number of aromatic nitrogens is 2. The van der Waals surface area contributed by atoms with Crippen molar-refractivity contribution < 1.29 is 19.1 Å². The average Bonchev–Trinajstić information content (AvgIpc) is 2.97. The molecule has 0 saturated carbocycles. The quantitative estimate of drug-likeness (QED) is 0.704. The van der Waals surface area contributed by atoms with Crippen molar-refractivity contribution in [3.8, 4) is 0 Å². The van der Waals surface area contributed by atoms with Crippen LogP contribution in [0.4, 0.5) is 0 Å². The van der Waals surface area contributed by atoms with Crippen LogP contribution < -0.4 is 5.69 Å². The normalized spacial score (nSPS) is 15.7. The number of carbonyl (C=O) groups is 2. The maximum Gasteiger partial charge on any atom is 0.329 e. The van der Waals surface area contributed by atoms with E-state index < -0.39 is 12.1 Å². The summed E-state index contributed by atoms with van der Waals surface area (Å²) < 4.78 is 13.7. The molecule has 2 heterocycles. The van der Waals surface area contributed by atoms with Crippen LogP contribution in [0.25, 0.3) is 11.0 Å². The zero-order valence-corrected chi connectivity index (χ0v) is 15.7. The summed E-state index contributed by atoms with van der Waals surface area (Å²) in [6, 6.07) is 7.49. The SMILES string of the molecule is CCn1c(=O)n(CCC(=O)OC(C)C(=O)N2CCOCC2)c2ccccc21. The molecule has 2 aromatic rings. The first-order chi connectivity index (χ1) is 13.0. The van der Waals surface area contributed by atoms with Gasteiger partial charge < -0.3 is 14.4 Å². The zero-order chi connectivity index (χ0) is 19.4. The molecular formula is C19H25N3O5. The summed E-state index contributed by atoms with van der Waals surface area (Å²) in [6.45, 7) is 6.26. The third-order valence-electron chi connectivity index (χ3n) is 4.76. The highest BCUT2D eigenvalue weighted by Crippen LogP contribution is 2.13. The van der Waals surface area contributed by atoms with Crippen LogP contribution in [0, 0.1) is 0 Å². The molecule has 146 valence electrons. The number of para-hydroxylation sites is 2. The van der Waals surface area contributed by atoms with Crippen LogP contribution in [0.2, 0.25) is 0 Å². The van der Waals surface area contributed by atoms with Crippen LogP contribution >= 0.6 is 0 Å². The monoisotopic (exact) mass is 375 g/mol. The first-order valence-corrected chi connectivity index (χ1v) is 9.27. The summed E-state index contributed by atoms with van der Waals surface area (Å²) >= 11 is 0. The van der Waals surface area contributed by atoms with Gasteiger partial charge in [-0.2, -0.15) is 0 Å². The first kappa shape index (κ1) is 19.2. The van der Waals surface area contributed by atoms with Gasteiger partial charge in [0, 0.05) is 26.2 Å². The fraction of sp³-hybridized carbons (Fsp3) is 0.526. The number of carbonyl (C=O) groups excluding carboxylic acids is 2. The number of amides is 1. The van der Waals surface area contributed by atoms with Crippen molar-refractivity contribution in [3.63, 3.8) is 0 Å². The Bertz CT molecular complexity index is 879. The number of rotatable bonds is 6. The molecule has 1 unspecified atom stereocenters. The lowest BCUT2D eigenvalue weighted by atomic mass is 10.3. The Balaban J connectivity index is 1.62. The second-order valence-corrected chi connectivity index (χ2v) is 6.49. The molecule has 1 aromatic heterocycles. The zero-order valence-electron chi connectivity index (χ0n) is 15.7. The molecule has 1 atom stereocenters. The van der Waals surface area contributed by atoms with Crippen LogP contribution in [-0.4, -0.2) is 58.3 Å². The molecular weight excluding hydrogens is 350 g/mol. The van der Waals surface area contributed by atoms with Crippen LogP contribution in [-0.2, 0) is 32.2 Å². The number of hydrogen-bond donors (Lipinski definition) is 0. The van der Waals surface area contributed by atoms with Gasteiger partial charge in [0.25, 0.3) is 5.91 Å². The maximum atomic E-state index is 12.6. The number of aryl methyl sites for hydroxylation is 2. The Morgan fingerprint density at radius 3 is 2.41 bits per heavy atom. The van der Waals surface area contributed by atoms with Gasteiger partial charge in [-0.25, -0.2) is 4.79 Å². The third-order valence-corrected chi connectivity index (χ3v) is 4.76. The van der Waals surface area contributed by atoms with E-state index in [0.29, 0.717) is 32.8 Å². The Morgan fingerprint density at radius 1 is 1.15 bits per heavy atom. The van der Waals surface area contributed by atoms with E-state index in [1.165, 1.54) is 0 Å². The standard InChI is InChI=1S/C19H25N3O5/c1-3-21-15-6-4-5-7-16(15)22(19(21)25)9-8-17(23)27-14(2)18(24)20-10-12-26-13-11-20/h4-7,14H,3,8-13H2,1-2H3. The fourth-order valence-electron chi connectivity index (χ4n) is 3.34. The van der Waals surface area contributed by atoms with Gasteiger partial charge >= 0.3 is 11.7 Å². The number of ether oxygens (including phenoxy) is 2. The van der Waals surface area contributed by atoms with E-state index in [4.69, 9.17) is 9.47 Å². The molecule has 0 N–H and O–H groups in total. The van der Waals surface area contributed by atoms with E-state index in [1.54, 1.807) is 21.0 Å². The highest BCUT2D eigenvalue weighted by Gasteiger charge is 2.25. The number of benzene rings is 1. The number of esters is 1. The lowest BCUT2D eigenvalue weighted by Crippen LogP contribution is -2.46. The Labute approximate surface area is 157 Å². The van der Waals surface area contributed by atoms with Gasteiger partial charge in [0.05, 0.1) is 30.7 Å². The highest BCUT2D eigenvalue weighted by molar-refractivity contribution is 5.83. The molecule has 0 radical (unpaired) electrons. The second kappa shape index (κ2) is 8.39. The molecule has 1 aromatic carbocycles. The van der Waals surface area contributed by atoms with Crippen LogP contribution in [0.5, 0.6) is 0 Å². The van der Waals surface area contributed by atoms with E-state index in [1.807, 2.05) is 31.2 Å². The predicted molar refractivity (Wildman–Crippen MR) is 99.4 cm³/mol. The lowest BCUT2D eigenvalue weighted by Gasteiger charge is -2.28. The smallest absolute Gasteiger partial charge is 0.329 e. The van der Waals surface area contributed by atoms with E-state index >= 15 is 0 Å². The minimum atomic E-state index is -0.843. The van der Waals surface area contributed by atoms with Gasteiger partial charge in [-0.05, 0) is 26.0 Å². The topological polar surface area (TPSA) is 82.8 Å².